The molecule has 0 fully saturated rings. The molecule has 18 heavy (non-hydrogen) atoms. The highest BCUT2D eigenvalue weighted by atomic mass is 19.2. The van der Waals surface area contributed by atoms with Gasteiger partial charge in [0, 0.05) is 30.1 Å². The summed E-state index contributed by atoms with van der Waals surface area (Å²) in [5.41, 5.74) is 1.46. The van der Waals surface area contributed by atoms with Gasteiger partial charge in [-0.3, -0.25) is 0 Å². The fourth-order valence-corrected chi connectivity index (χ4v) is 1.49. The van der Waals surface area contributed by atoms with Gasteiger partial charge < -0.3 is 5.32 Å². The molecule has 0 aliphatic carbocycles. The average molecular weight is 245 g/mol. The highest BCUT2D eigenvalue weighted by molar-refractivity contribution is 5.45. The Kier molecular flexibility index (Phi) is 3.49. The number of nitrogens with one attached hydrogen (secondary N) is 1. The van der Waals surface area contributed by atoms with E-state index in [0.717, 1.165) is 12.1 Å². The number of pyridine rings is 1. The summed E-state index contributed by atoms with van der Waals surface area (Å²) >= 11 is 0. The van der Waals surface area contributed by atoms with E-state index in [0.29, 0.717) is 23.5 Å². The molecule has 0 spiro atoms. The summed E-state index contributed by atoms with van der Waals surface area (Å²) in [6.45, 7) is 0.321. The molecule has 0 saturated heterocycles. The zero-order valence-corrected chi connectivity index (χ0v) is 9.32. The van der Waals surface area contributed by atoms with Crippen LogP contribution in [-0.4, -0.2) is 4.98 Å². The first-order valence-electron chi connectivity index (χ1n) is 5.23. The number of hydrogen-bond acceptors (Lipinski definition) is 3. The van der Waals surface area contributed by atoms with E-state index < -0.39 is 11.6 Å². The van der Waals surface area contributed by atoms with E-state index in [1.165, 1.54) is 12.3 Å². The molecule has 2 rings (SSSR count). The van der Waals surface area contributed by atoms with Crippen molar-refractivity contribution >= 4 is 5.69 Å². The van der Waals surface area contributed by atoms with Gasteiger partial charge in [0.05, 0.1) is 0 Å². The Balaban J connectivity index is 2.12. The zero-order valence-electron chi connectivity index (χ0n) is 9.32. The van der Waals surface area contributed by atoms with Gasteiger partial charge in [-0.25, -0.2) is 13.8 Å². The van der Waals surface area contributed by atoms with Crippen molar-refractivity contribution in [2.75, 3.05) is 5.32 Å². The molecule has 0 aliphatic rings. The standard InChI is InChI=1S/C13H9F2N3/c14-11-4-3-10(6-12(11)15)18-8-9-2-1-5-17-13(9)7-16/h1-6,18H,8H2. The molecule has 0 aliphatic heterocycles. The molecule has 1 aromatic heterocycles. The first-order chi connectivity index (χ1) is 8.70. The number of anilines is 1. The maximum atomic E-state index is 13.0. The summed E-state index contributed by atoms with van der Waals surface area (Å²) < 4.78 is 25.7. The van der Waals surface area contributed by atoms with Crippen molar-refractivity contribution in [3.8, 4) is 6.07 Å². The Morgan fingerprint density at radius 3 is 2.78 bits per heavy atom. The van der Waals surface area contributed by atoms with E-state index >= 15 is 0 Å². The highest BCUT2D eigenvalue weighted by Gasteiger charge is 2.04. The number of benzene rings is 1. The molecule has 0 radical (unpaired) electrons. The molecule has 1 heterocycles. The van der Waals surface area contributed by atoms with Crippen LogP contribution < -0.4 is 5.32 Å². The first kappa shape index (κ1) is 12.0. The summed E-state index contributed by atoms with van der Waals surface area (Å²) in [5, 5.41) is 11.8. The molecule has 5 heteroatoms. The van der Waals surface area contributed by atoms with Crippen LogP contribution in [0.15, 0.2) is 36.5 Å². The number of rotatable bonds is 3. The highest BCUT2D eigenvalue weighted by Crippen LogP contribution is 2.14. The van der Waals surface area contributed by atoms with Crippen LogP contribution >= 0.6 is 0 Å². The van der Waals surface area contributed by atoms with Crippen LogP contribution in [0.2, 0.25) is 0 Å². The minimum atomic E-state index is -0.910. The van der Waals surface area contributed by atoms with Gasteiger partial charge >= 0.3 is 0 Å². The normalized spacial score (nSPS) is 9.83. The molecule has 2 aromatic rings. The minimum Gasteiger partial charge on any atom is -0.381 e. The van der Waals surface area contributed by atoms with Gasteiger partial charge in [0.1, 0.15) is 11.8 Å². The van der Waals surface area contributed by atoms with Crippen molar-refractivity contribution in [3.63, 3.8) is 0 Å². The number of aromatic nitrogens is 1. The molecule has 0 saturated carbocycles. The quantitative estimate of drug-likeness (QED) is 0.904. The summed E-state index contributed by atoms with van der Waals surface area (Å²) in [6, 6.07) is 8.97. The van der Waals surface area contributed by atoms with Crippen LogP contribution in [0.1, 0.15) is 11.3 Å². The Morgan fingerprint density at radius 2 is 2.06 bits per heavy atom. The number of nitrogens with zero attached hydrogens (tertiary/aromatic N) is 2. The summed E-state index contributed by atoms with van der Waals surface area (Å²) in [7, 11) is 0. The van der Waals surface area contributed by atoms with Gasteiger partial charge in [-0.1, -0.05) is 6.07 Å². The number of nitriles is 1. The molecule has 1 aromatic carbocycles. The molecule has 0 amide bonds. The zero-order chi connectivity index (χ0) is 13.0. The van der Waals surface area contributed by atoms with Crippen molar-refractivity contribution in [1.29, 1.82) is 5.26 Å². The lowest BCUT2D eigenvalue weighted by atomic mass is 10.2. The van der Waals surface area contributed by atoms with Gasteiger partial charge in [0.25, 0.3) is 0 Å². The smallest absolute Gasteiger partial charge is 0.160 e. The van der Waals surface area contributed by atoms with Crippen molar-refractivity contribution < 1.29 is 8.78 Å². The average Bonchev–Trinajstić information content (AvgIpc) is 2.40. The molecule has 90 valence electrons. The van der Waals surface area contributed by atoms with Crippen LogP contribution in [0.3, 0.4) is 0 Å². The maximum Gasteiger partial charge on any atom is 0.160 e. The van der Waals surface area contributed by atoms with E-state index in [4.69, 9.17) is 5.26 Å². The van der Waals surface area contributed by atoms with Gasteiger partial charge in [-0.15, -0.1) is 0 Å². The third-order valence-corrected chi connectivity index (χ3v) is 2.40. The summed E-state index contributed by atoms with van der Waals surface area (Å²) in [4.78, 5) is 3.91. The van der Waals surface area contributed by atoms with E-state index in [-0.39, 0.29) is 0 Å². The van der Waals surface area contributed by atoms with Crippen LogP contribution in [0.4, 0.5) is 14.5 Å². The van der Waals surface area contributed by atoms with Gasteiger partial charge in [-0.2, -0.15) is 5.26 Å². The second kappa shape index (κ2) is 5.23. The van der Waals surface area contributed by atoms with Crippen molar-refractivity contribution in [2.45, 2.75) is 6.54 Å². The molecular weight excluding hydrogens is 236 g/mol. The lowest BCUT2D eigenvalue weighted by Crippen LogP contribution is -2.03. The van der Waals surface area contributed by atoms with Crippen molar-refractivity contribution in [2.24, 2.45) is 0 Å². The third kappa shape index (κ3) is 2.61. The third-order valence-electron chi connectivity index (χ3n) is 2.40. The van der Waals surface area contributed by atoms with Gasteiger partial charge in [0.15, 0.2) is 11.6 Å². The SMILES string of the molecule is N#Cc1ncccc1CNc1ccc(F)c(F)c1. The molecular formula is C13H9F2N3. The maximum absolute atomic E-state index is 13.0. The molecule has 3 nitrogen and oxygen atoms in total. The van der Waals surface area contributed by atoms with Gasteiger partial charge in [0.2, 0.25) is 0 Å². The Hall–Kier alpha value is -2.48. The van der Waals surface area contributed by atoms with Crippen molar-refractivity contribution in [1.82, 2.24) is 4.98 Å². The van der Waals surface area contributed by atoms with Crippen LogP contribution in [-0.2, 0) is 6.54 Å². The van der Waals surface area contributed by atoms with Crippen LogP contribution in [0.5, 0.6) is 0 Å². The van der Waals surface area contributed by atoms with Crippen LogP contribution in [0, 0.1) is 23.0 Å². The van der Waals surface area contributed by atoms with E-state index in [1.54, 1.807) is 12.1 Å². The Bertz CT molecular complexity index is 605. The predicted octanol–water partition coefficient (Wildman–Crippen LogP) is 2.84. The van der Waals surface area contributed by atoms with Crippen molar-refractivity contribution in [3.05, 3.63) is 59.4 Å². The summed E-state index contributed by atoms with van der Waals surface area (Å²) in [6.07, 6.45) is 1.53. The lowest BCUT2D eigenvalue weighted by molar-refractivity contribution is 0.509. The van der Waals surface area contributed by atoms with Gasteiger partial charge in [-0.05, 0) is 18.2 Å². The second-order valence-electron chi connectivity index (χ2n) is 3.61. The molecule has 0 unspecified atom stereocenters. The lowest BCUT2D eigenvalue weighted by Gasteiger charge is -2.07. The Labute approximate surface area is 103 Å². The van der Waals surface area contributed by atoms with E-state index in [2.05, 4.69) is 10.3 Å². The Morgan fingerprint density at radius 1 is 1.22 bits per heavy atom. The van der Waals surface area contributed by atoms with E-state index in [1.807, 2.05) is 6.07 Å². The largest absolute Gasteiger partial charge is 0.381 e. The topological polar surface area (TPSA) is 48.7 Å². The van der Waals surface area contributed by atoms with Crippen LogP contribution in [0.25, 0.3) is 0 Å². The monoisotopic (exact) mass is 245 g/mol. The number of hydrogen-bond donors (Lipinski definition) is 1. The first-order valence-corrected chi connectivity index (χ1v) is 5.23. The number of halogens is 2. The molecule has 1 N–H and O–H groups in total. The molecule has 0 bridgehead atoms. The predicted molar refractivity (Wildman–Crippen MR) is 62.6 cm³/mol. The molecule has 0 atom stereocenters. The summed E-state index contributed by atoms with van der Waals surface area (Å²) in [5.74, 6) is -1.80. The fraction of sp³-hybridized carbons (Fsp3) is 0.0769. The second-order valence-corrected chi connectivity index (χ2v) is 3.61. The minimum absolute atomic E-state index is 0.313. The van der Waals surface area contributed by atoms with E-state index in [9.17, 15) is 8.78 Å². The fourth-order valence-electron chi connectivity index (χ4n) is 1.49.